The quantitative estimate of drug-likeness (QED) is 0.866. The van der Waals surface area contributed by atoms with Crippen molar-refractivity contribution in [2.24, 2.45) is 0 Å². The third-order valence-corrected chi connectivity index (χ3v) is 4.74. The van der Waals surface area contributed by atoms with Crippen molar-refractivity contribution >= 4 is 11.8 Å². The van der Waals surface area contributed by atoms with E-state index in [-0.39, 0.29) is 18.5 Å². The van der Waals surface area contributed by atoms with Crippen LogP contribution in [0.2, 0.25) is 0 Å². The lowest BCUT2D eigenvalue weighted by Crippen LogP contribution is -2.13. The molecule has 0 saturated carbocycles. The van der Waals surface area contributed by atoms with E-state index in [1.54, 1.807) is 6.07 Å². The Hall–Kier alpha value is -1.02. The first kappa shape index (κ1) is 15.4. The van der Waals surface area contributed by atoms with Crippen molar-refractivity contribution in [1.82, 2.24) is 0 Å². The lowest BCUT2D eigenvalue weighted by atomic mass is 10.1. The van der Waals surface area contributed by atoms with Gasteiger partial charge in [-0.3, -0.25) is 0 Å². The van der Waals surface area contributed by atoms with Gasteiger partial charge in [0.2, 0.25) is 0 Å². The molecule has 1 saturated heterocycles. The number of thioether (sulfide) groups is 1. The van der Waals surface area contributed by atoms with Crippen LogP contribution in [-0.4, -0.2) is 29.7 Å². The molecular weight excluding hydrogens is 275 g/mol. The van der Waals surface area contributed by atoms with Crippen LogP contribution in [-0.2, 0) is 10.5 Å². The van der Waals surface area contributed by atoms with Crippen molar-refractivity contribution in [2.75, 3.05) is 13.2 Å². The minimum absolute atomic E-state index is 0.0323. The normalized spacial score (nSPS) is 21.6. The van der Waals surface area contributed by atoms with Crippen molar-refractivity contribution in [3.05, 3.63) is 35.1 Å². The highest BCUT2D eigenvalue weighted by molar-refractivity contribution is 7.99. The van der Waals surface area contributed by atoms with E-state index in [1.165, 1.54) is 6.07 Å². The second kappa shape index (κ2) is 7.68. The first-order valence-corrected chi connectivity index (χ1v) is 7.86. The van der Waals surface area contributed by atoms with Crippen molar-refractivity contribution < 1.29 is 14.2 Å². The molecule has 0 bridgehead atoms. The van der Waals surface area contributed by atoms with Gasteiger partial charge in [0, 0.05) is 29.6 Å². The van der Waals surface area contributed by atoms with Gasteiger partial charge >= 0.3 is 0 Å². The first-order valence-electron chi connectivity index (χ1n) is 6.81. The highest BCUT2D eigenvalue weighted by Crippen LogP contribution is 2.29. The molecule has 0 spiro atoms. The van der Waals surface area contributed by atoms with E-state index in [4.69, 9.17) is 9.84 Å². The van der Waals surface area contributed by atoms with Gasteiger partial charge in [0.05, 0.1) is 12.7 Å². The fourth-order valence-corrected chi connectivity index (χ4v) is 3.35. The van der Waals surface area contributed by atoms with Crippen molar-refractivity contribution in [3.63, 3.8) is 0 Å². The van der Waals surface area contributed by atoms with Gasteiger partial charge in [0.25, 0.3) is 0 Å². The number of halogens is 1. The summed E-state index contributed by atoms with van der Waals surface area (Å²) in [5.74, 6) is 6.21. The van der Waals surface area contributed by atoms with Gasteiger partial charge in [-0.25, -0.2) is 4.39 Å². The van der Waals surface area contributed by atoms with Crippen LogP contribution >= 0.6 is 11.8 Å². The topological polar surface area (TPSA) is 29.5 Å². The first-order chi connectivity index (χ1) is 9.69. The van der Waals surface area contributed by atoms with Gasteiger partial charge in [0.1, 0.15) is 5.82 Å². The third kappa shape index (κ3) is 4.52. The smallest absolute Gasteiger partial charge is 0.124 e. The number of hydrogen-bond acceptors (Lipinski definition) is 3. The Morgan fingerprint density at radius 3 is 3.00 bits per heavy atom. The van der Waals surface area contributed by atoms with Crippen molar-refractivity contribution in [2.45, 2.75) is 36.9 Å². The zero-order chi connectivity index (χ0) is 14.4. The molecule has 2 atom stereocenters. The SMILES string of the molecule is CC1OCCC1SCc1cc(F)cc(C#CCCO)c1. The molecule has 0 radical (unpaired) electrons. The number of hydrogen-bond donors (Lipinski definition) is 1. The minimum Gasteiger partial charge on any atom is -0.395 e. The van der Waals surface area contributed by atoms with E-state index in [1.807, 2.05) is 17.8 Å². The molecule has 0 aromatic heterocycles. The molecule has 1 aliphatic rings. The van der Waals surface area contributed by atoms with Gasteiger partial charge < -0.3 is 9.84 Å². The third-order valence-electron chi connectivity index (χ3n) is 3.20. The van der Waals surface area contributed by atoms with Crippen LogP contribution in [0.15, 0.2) is 18.2 Å². The molecule has 1 fully saturated rings. The summed E-state index contributed by atoms with van der Waals surface area (Å²) >= 11 is 1.81. The zero-order valence-electron chi connectivity index (χ0n) is 11.6. The van der Waals surface area contributed by atoms with Crippen LogP contribution in [0.5, 0.6) is 0 Å². The van der Waals surface area contributed by atoms with Crippen molar-refractivity contribution in [1.29, 1.82) is 0 Å². The standard InChI is InChI=1S/C16H19FO2S/c1-12-16(5-7-19-12)20-11-14-8-13(4-2-3-6-18)9-15(17)10-14/h8-10,12,16,18H,3,5-7,11H2,1H3. The summed E-state index contributed by atoms with van der Waals surface area (Å²) in [6.45, 7) is 2.94. The van der Waals surface area contributed by atoms with E-state index in [0.717, 1.165) is 24.3 Å². The van der Waals surface area contributed by atoms with Crippen LogP contribution < -0.4 is 0 Å². The summed E-state index contributed by atoms with van der Waals surface area (Å²) < 4.78 is 19.1. The second-order valence-corrected chi connectivity index (χ2v) is 6.07. The van der Waals surface area contributed by atoms with Gasteiger partial charge in [-0.15, -0.1) is 0 Å². The predicted octanol–water partition coefficient (Wildman–Crippen LogP) is 2.97. The minimum atomic E-state index is -0.257. The van der Waals surface area contributed by atoms with Crippen LogP contribution in [0.4, 0.5) is 4.39 Å². The molecule has 1 aromatic rings. The summed E-state index contributed by atoms with van der Waals surface area (Å²) in [7, 11) is 0. The van der Waals surface area contributed by atoms with E-state index in [2.05, 4.69) is 18.8 Å². The molecule has 1 aromatic carbocycles. The molecule has 2 unspecified atom stereocenters. The highest BCUT2D eigenvalue weighted by Gasteiger charge is 2.24. The fourth-order valence-electron chi connectivity index (χ4n) is 2.16. The summed E-state index contributed by atoms with van der Waals surface area (Å²) in [4.78, 5) is 0. The van der Waals surface area contributed by atoms with Gasteiger partial charge in [-0.2, -0.15) is 11.8 Å². The number of aliphatic hydroxyl groups is 1. The predicted molar refractivity (Wildman–Crippen MR) is 80.1 cm³/mol. The molecule has 108 valence electrons. The van der Waals surface area contributed by atoms with E-state index >= 15 is 0 Å². The monoisotopic (exact) mass is 294 g/mol. The lowest BCUT2D eigenvalue weighted by molar-refractivity contribution is 0.127. The number of benzene rings is 1. The summed E-state index contributed by atoms with van der Waals surface area (Å²) in [6.07, 6.45) is 1.75. The molecule has 4 heteroatoms. The van der Waals surface area contributed by atoms with Gasteiger partial charge in [-0.1, -0.05) is 11.8 Å². The molecular formula is C16H19FO2S. The fraction of sp³-hybridized carbons (Fsp3) is 0.500. The van der Waals surface area contributed by atoms with E-state index < -0.39 is 0 Å². The van der Waals surface area contributed by atoms with Gasteiger partial charge in [0.15, 0.2) is 0 Å². The molecule has 2 nitrogen and oxygen atoms in total. The van der Waals surface area contributed by atoms with Crippen LogP contribution in [0.3, 0.4) is 0 Å². The summed E-state index contributed by atoms with van der Waals surface area (Å²) in [5.41, 5.74) is 1.62. The van der Waals surface area contributed by atoms with Gasteiger partial charge in [-0.05, 0) is 37.1 Å². The Balaban J connectivity index is 1.99. The maximum absolute atomic E-state index is 13.6. The van der Waals surface area contributed by atoms with E-state index in [9.17, 15) is 4.39 Å². The number of aliphatic hydroxyl groups excluding tert-OH is 1. The zero-order valence-corrected chi connectivity index (χ0v) is 12.4. The Morgan fingerprint density at radius 1 is 1.45 bits per heavy atom. The maximum atomic E-state index is 13.6. The maximum Gasteiger partial charge on any atom is 0.124 e. The molecule has 0 aliphatic carbocycles. The average Bonchev–Trinajstić information content (AvgIpc) is 2.82. The van der Waals surface area contributed by atoms with Crippen molar-refractivity contribution in [3.8, 4) is 11.8 Å². The highest BCUT2D eigenvalue weighted by atomic mass is 32.2. The number of rotatable bonds is 4. The average molecular weight is 294 g/mol. The Morgan fingerprint density at radius 2 is 2.30 bits per heavy atom. The van der Waals surface area contributed by atoms with E-state index in [0.29, 0.717) is 17.2 Å². The molecule has 1 aliphatic heterocycles. The van der Waals surface area contributed by atoms with Crippen LogP contribution in [0, 0.1) is 17.7 Å². The van der Waals surface area contributed by atoms with Crippen LogP contribution in [0.25, 0.3) is 0 Å². The molecule has 1 N–H and O–H groups in total. The molecule has 20 heavy (non-hydrogen) atoms. The Bertz CT molecular complexity index is 507. The number of ether oxygens (including phenoxy) is 1. The van der Waals surface area contributed by atoms with Crippen LogP contribution in [0.1, 0.15) is 30.9 Å². The Labute approximate surface area is 123 Å². The summed E-state index contributed by atoms with van der Waals surface area (Å²) in [6, 6.07) is 4.91. The largest absolute Gasteiger partial charge is 0.395 e. The molecule has 2 rings (SSSR count). The molecule has 1 heterocycles. The second-order valence-electron chi connectivity index (χ2n) is 4.84. The molecule has 0 amide bonds. The lowest BCUT2D eigenvalue weighted by Gasteiger charge is -2.13. The summed E-state index contributed by atoms with van der Waals surface area (Å²) in [5, 5.41) is 9.18. The Kier molecular flexibility index (Phi) is 5.90.